The second kappa shape index (κ2) is 7.05. The minimum atomic E-state index is 0.504. The minimum absolute atomic E-state index is 0.504. The maximum absolute atomic E-state index is 4.45. The number of anilines is 2. The van der Waals surface area contributed by atoms with Gasteiger partial charge in [-0.1, -0.05) is 6.92 Å². The fourth-order valence-corrected chi connectivity index (χ4v) is 2.70. The number of aromatic nitrogens is 2. The highest BCUT2D eigenvalue weighted by Crippen LogP contribution is 2.23. The molecule has 2 N–H and O–H groups in total. The van der Waals surface area contributed by atoms with E-state index in [2.05, 4.69) is 48.4 Å². The standard InChI is InChI=1S/C13H22BrN5/c1-3-6-19-7-4-10(5-8-19)17-12-11(14)9-16-13(15-2)18-12/h9-10H,3-8H2,1-2H3,(H2,15,16,17,18). The monoisotopic (exact) mass is 327 g/mol. The van der Waals surface area contributed by atoms with Crippen molar-refractivity contribution in [1.82, 2.24) is 14.9 Å². The molecule has 1 aromatic heterocycles. The summed E-state index contributed by atoms with van der Waals surface area (Å²) in [6.07, 6.45) is 5.37. The molecule has 1 aliphatic heterocycles. The molecular formula is C13H22BrN5. The molecule has 1 aromatic rings. The SMILES string of the molecule is CCCN1CCC(Nc2nc(NC)ncc2Br)CC1. The number of nitrogens with zero attached hydrogens (tertiary/aromatic N) is 3. The normalized spacial score (nSPS) is 17.4. The highest BCUT2D eigenvalue weighted by atomic mass is 79.9. The van der Waals surface area contributed by atoms with Crippen LogP contribution in [0.3, 0.4) is 0 Å². The zero-order valence-corrected chi connectivity index (χ0v) is 13.2. The summed E-state index contributed by atoms with van der Waals surface area (Å²) >= 11 is 3.50. The van der Waals surface area contributed by atoms with E-state index in [-0.39, 0.29) is 0 Å². The quantitative estimate of drug-likeness (QED) is 0.870. The van der Waals surface area contributed by atoms with Crippen LogP contribution in [0.2, 0.25) is 0 Å². The lowest BCUT2D eigenvalue weighted by Gasteiger charge is -2.32. The van der Waals surface area contributed by atoms with Crippen LogP contribution in [-0.2, 0) is 0 Å². The molecule has 0 aliphatic carbocycles. The molecule has 2 heterocycles. The number of rotatable bonds is 5. The molecule has 0 amide bonds. The summed E-state index contributed by atoms with van der Waals surface area (Å²) in [6.45, 7) is 5.80. The van der Waals surface area contributed by atoms with Crippen molar-refractivity contribution >= 4 is 27.7 Å². The average molecular weight is 328 g/mol. The first-order valence-electron chi connectivity index (χ1n) is 6.92. The molecule has 6 heteroatoms. The summed E-state index contributed by atoms with van der Waals surface area (Å²) in [5.41, 5.74) is 0. The van der Waals surface area contributed by atoms with Gasteiger partial charge in [0.15, 0.2) is 0 Å². The molecule has 1 aliphatic rings. The Kier molecular flexibility index (Phi) is 5.39. The van der Waals surface area contributed by atoms with Crippen LogP contribution in [0.5, 0.6) is 0 Å². The van der Waals surface area contributed by atoms with Crippen LogP contribution < -0.4 is 10.6 Å². The van der Waals surface area contributed by atoms with Crippen molar-refractivity contribution in [2.75, 3.05) is 37.3 Å². The fraction of sp³-hybridized carbons (Fsp3) is 0.692. The Balaban J connectivity index is 1.91. The van der Waals surface area contributed by atoms with Crippen LogP contribution >= 0.6 is 15.9 Å². The van der Waals surface area contributed by atoms with E-state index in [4.69, 9.17) is 0 Å². The molecule has 106 valence electrons. The van der Waals surface area contributed by atoms with Crippen molar-refractivity contribution in [3.63, 3.8) is 0 Å². The molecule has 1 saturated heterocycles. The molecule has 0 saturated carbocycles. The summed E-state index contributed by atoms with van der Waals surface area (Å²) in [5, 5.41) is 6.49. The van der Waals surface area contributed by atoms with Gasteiger partial charge in [0.05, 0.1) is 4.47 Å². The van der Waals surface area contributed by atoms with Crippen LogP contribution in [0.1, 0.15) is 26.2 Å². The summed E-state index contributed by atoms with van der Waals surface area (Å²) in [5.74, 6) is 1.53. The van der Waals surface area contributed by atoms with Gasteiger partial charge in [-0.25, -0.2) is 4.98 Å². The first-order valence-corrected chi connectivity index (χ1v) is 7.71. The zero-order chi connectivity index (χ0) is 13.7. The van der Waals surface area contributed by atoms with Gasteiger partial charge < -0.3 is 15.5 Å². The van der Waals surface area contributed by atoms with Gasteiger partial charge in [-0.2, -0.15) is 4.98 Å². The third-order valence-corrected chi connectivity index (χ3v) is 4.02. The van der Waals surface area contributed by atoms with Crippen LogP contribution in [0.25, 0.3) is 0 Å². The maximum atomic E-state index is 4.45. The first kappa shape index (κ1) is 14.5. The Morgan fingerprint density at radius 2 is 2.16 bits per heavy atom. The Labute approximate surface area is 123 Å². The van der Waals surface area contributed by atoms with Gasteiger partial charge in [0.25, 0.3) is 0 Å². The van der Waals surface area contributed by atoms with Crippen molar-refractivity contribution < 1.29 is 0 Å². The smallest absolute Gasteiger partial charge is 0.224 e. The Hall–Kier alpha value is -0.880. The predicted molar refractivity (Wildman–Crippen MR) is 82.7 cm³/mol. The van der Waals surface area contributed by atoms with Crippen LogP contribution in [0.4, 0.5) is 11.8 Å². The van der Waals surface area contributed by atoms with Gasteiger partial charge in [0.1, 0.15) is 5.82 Å². The lowest BCUT2D eigenvalue weighted by molar-refractivity contribution is 0.219. The number of halogens is 1. The number of hydrogen-bond donors (Lipinski definition) is 2. The summed E-state index contributed by atoms with van der Waals surface area (Å²) < 4.78 is 0.919. The summed E-state index contributed by atoms with van der Waals surface area (Å²) in [4.78, 5) is 11.1. The molecule has 19 heavy (non-hydrogen) atoms. The molecule has 0 aromatic carbocycles. The van der Waals surface area contributed by atoms with Crippen molar-refractivity contribution in [3.8, 4) is 0 Å². The molecule has 0 radical (unpaired) electrons. The van der Waals surface area contributed by atoms with Crippen LogP contribution in [-0.4, -0.2) is 47.6 Å². The van der Waals surface area contributed by atoms with E-state index in [1.807, 2.05) is 7.05 Å². The number of hydrogen-bond acceptors (Lipinski definition) is 5. The molecule has 0 unspecified atom stereocenters. The Bertz CT molecular complexity index is 404. The Morgan fingerprint density at radius 1 is 1.42 bits per heavy atom. The molecule has 0 bridgehead atoms. The molecular weight excluding hydrogens is 306 g/mol. The molecule has 5 nitrogen and oxygen atoms in total. The van der Waals surface area contributed by atoms with Gasteiger partial charge in [-0.05, 0) is 41.7 Å². The largest absolute Gasteiger partial charge is 0.366 e. The topological polar surface area (TPSA) is 53.1 Å². The third-order valence-electron chi connectivity index (χ3n) is 3.44. The number of likely N-dealkylation sites (tertiary alicyclic amines) is 1. The highest BCUT2D eigenvalue weighted by Gasteiger charge is 2.19. The van der Waals surface area contributed by atoms with Crippen LogP contribution in [0, 0.1) is 0 Å². The Morgan fingerprint density at radius 3 is 2.79 bits per heavy atom. The second-order valence-corrected chi connectivity index (χ2v) is 5.75. The van der Waals surface area contributed by atoms with E-state index in [0.29, 0.717) is 12.0 Å². The highest BCUT2D eigenvalue weighted by molar-refractivity contribution is 9.10. The van der Waals surface area contributed by atoms with Crippen molar-refractivity contribution in [2.24, 2.45) is 0 Å². The first-order chi connectivity index (χ1) is 9.22. The molecule has 1 fully saturated rings. The van der Waals surface area contributed by atoms with E-state index in [9.17, 15) is 0 Å². The number of nitrogens with one attached hydrogen (secondary N) is 2. The van der Waals surface area contributed by atoms with E-state index in [1.165, 1.54) is 38.9 Å². The number of piperidine rings is 1. The maximum Gasteiger partial charge on any atom is 0.224 e. The van der Waals surface area contributed by atoms with Gasteiger partial charge in [0.2, 0.25) is 5.95 Å². The van der Waals surface area contributed by atoms with Crippen LogP contribution in [0.15, 0.2) is 10.7 Å². The van der Waals surface area contributed by atoms with E-state index in [1.54, 1.807) is 6.20 Å². The molecule has 0 atom stereocenters. The van der Waals surface area contributed by atoms with E-state index in [0.717, 1.165) is 10.3 Å². The summed E-state index contributed by atoms with van der Waals surface area (Å²) in [7, 11) is 1.83. The van der Waals surface area contributed by atoms with Crippen molar-refractivity contribution in [2.45, 2.75) is 32.2 Å². The predicted octanol–water partition coefficient (Wildman–Crippen LogP) is 2.57. The lowest BCUT2D eigenvalue weighted by atomic mass is 10.0. The van der Waals surface area contributed by atoms with Gasteiger partial charge >= 0.3 is 0 Å². The fourth-order valence-electron chi connectivity index (χ4n) is 2.40. The van der Waals surface area contributed by atoms with Crippen molar-refractivity contribution in [1.29, 1.82) is 0 Å². The van der Waals surface area contributed by atoms with Gasteiger partial charge in [0, 0.05) is 32.4 Å². The minimum Gasteiger partial charge on any atom is -0.366 e. The van der Waals surface area contributed by atoms with Crippen molar-refractivity contribution in [3.05, 3.63) is 10.7 Å². The van der Waals surface area contributed by atoms with E-state index >= 15 is 0 Å². The molecule has 2 rings (SSSR count). The van der Waals surface area contributed by atoms with E-state index < -0.39 is 0 Å². The van der Waals surface area contributed by atoms with Gasteiger partial charge in [-0.3, -0.25) is 0 Å². The lowest BCUT2D eigenvalue weighted by Crippen LogP contribution is -2.39. The summed E-state index contributed by atoms with van der Waals surface area (Å²) in [6, 6.07) is 0.504. The van der Waals surface area contributed by atoms with Gasteiger partial charge in [-0.15, -0.1) is 0 Å². The zero-order valence-electron chi connectivity index (χ0n) is 11.6. The second-order valence-electron chi connectivity index (χ2n) is 4.90. The average Bonchev–Trinajstić information content (AvgIpc) is 2.44. The molecule has 0 spiro atoms. The third kappa shape index (κ3) is 4.04.